The molecule has 0 fully saturated rings. The molecule has 0 unspecified atom stereocenters. The van der Waals surface area contributed by atoms with Crippen molar-refractivity contribution in [3.63, 3.8) is 0 Å². The number of benzene rings is 12. The van der Waals surface area contributed by atoms with Crippen LogP contribution in [0.15, 0.2) is 271 Å². The zero-order chi connectivity index (χ0) is 50.2. The lowest BCUT2D eigenvalue weighted by Gasteiger charge is -2.43. The third kappa shape index (κ3) is 7.64. The van der Waals surface area contributed by atoms with Crippen LogP contribution in [0.3, 0.4) is 0 Å². The van der Waals surface area contributed by atoms with Crippen molar-refractivity contribution in [1.29, 1.82) is 0 Å². The quantitative estimate of drug-likeness (QED) is 0.116. The summed E-state index contributed by atoms with van der Waals surface area (Å²) in [5.41, 5.74) is 23.2. The Morgan fingerprint density at radius 3 is 1.31 bits per heavy atom. The van der Waals surface area contributed by atoms with Crippen molar-refractivity contribution in [1.82, 2.24) is 0 Å². The normalized spacial score (nSPS) is 12.6. The highest BCUT2D eigenvalue weighted by molar-refractivity contribution is 8.00. The molecule has 0 bridgehead atoms. The van der Waals surface area contributed by atoms with Crippen LogP contribution >= 0.6 is 11.8 Å². The molecular weight excluding hydrogens is 922 g/mol. The van der Waals surface area contributed by atoms with Crippen LogP contribution in [0.5, 0.6) is 0 Å². The van der Waals surface area contributed by atoms with Crippen molar-refractivity contribution in [2.75, 3.05) is 4.90 Å². The first-order chi connectivity index (χ1) is 36.9. The summed E-state index contributed by atoms with van der Waals surface area (Å²) in [7, 11) is 0. The van der Waals surface area contributed by atoms with Gasteiger partial charge in [0.25, 0.3) is 0 Å². The summed E-state index contributed by atoms with van der Waals surface area (Å²) in [5, 5.41) is 4.98. The Bertz CT molecular complexity index is 4050. The zero-order valence-electron chi connectivity index (χ0n) is 42.3. The smallest absolute Gasteiger partial charge is 0.249 e. The van der Waals surface area contributed by atoms with Gasteiger partial charge in [0, 0.05) is 32.3 Å². The molecule has 2 aliphatic rings. The number of hydrogen-bond donors (Lipinski definition) is 0. The van der Waals surface area contributed by atoms with Gasteiger partial charge in [-0.2, -0.15) is 0 Å². The maximum Gasteiger partial charge on any atom is 0.249 e. The molecule has 0 amide bonds. The lowest BCUT2D eigenvalue weighted by molar-refractivity contribution is 0.589. The van der Waals surface area contributed by atoms with Gasteiger partial charge >= 0.3 is 0 Å². The fraction of sp³-hybridized carbons (Fsp3) is 0.0556. The molecule has 0 atom stereocenters. The molecule has 0 saturated heterocycles. The van der Waals surface area contributed by atoms with Gasteiger partial charge in [-0.25, -0.2) is 0 Å². The van der Waals surface area contributed by atoms with E-state index >= 15 is 0 Å². The van der Waals surface area contributed by atoms with Crippen LogP contribution in [0, 0.1) is 0 Å². The average Bonchev–Trinajstić information content (AvgIpc) is 3.50. The Morgan fingerprint density at radius 2 is 0.787 bits per heavy atom. The molecule has 75 heavy (non-hydrogen) atoms. The summed E-state index contributed by atoms with van der Waals surface area (Å²) in [4.78, 5) is 5.32. The summed E-state index contributed by atoms with van der Waals surface area (Å²) in [6, 6.07) is 97.6. The molecule has 3 heteroatoms. The molecule has 354 valence electrons. The van der Waals surface area contributed by atoms with Gasteiger partial charge in [0.15, 0.2) is 0 Å². The molecule has 2 heterocycles. The highest BCUT2D eigenvalue weighted by Crippen LogP contribution is 2.53. The topological polar surface area (TPSA) is 3.24 Å². The van der Waals surface area contributed by atoms with E-state index in [-0.39, 0.29) is 12.1 Å². The van der Waals surface area contributed by atoms with Crippen LogP contribution in [0.1, 0.15) is 26.3 Å². The predicted molar refractivity (Wildman–Crippen MR) is 323 cm³/mol. The van der Waals surface area contributed by atoms with Gasteiger partial charge in [-0.05, 0) is 135 Å². The van der Waals surface area contributed by atoms with E-state index in [0.29, 0.717) is 0 Å². The molecule has 0 radical (unpaired) electrons. The fourth-order valence-corrected chi connectivity index (χ4v) is 13.3. The van der Waals surface area contributed by atoms with Gasteiger partial charge in [0.2, 0.25) is 6.71 Å². The van der Waals surface area contributed by atoms with Gasteiger partial charge in [0.1, 0.15) is 0 Å². The Kier molecular flexibility index (Phi) is 10.9. The summed E-state index contributed by atoms with van der Waals surface area (Å²) < 4.78 is 0. The van der Waals surface area contributed by atoms with Crippen LogP contribution in [0.2, 0.25) is 0 Å². The molecule has 0 aliphatic carbocycles. The van der Waals surface area contributed by atoms with Crippen molar-refractivity contribution in [3.05, 3.63) is 266 Å². The third-order valence-electron chi connectivity index (χ3n) is 15.6. The van der Waals surface area contributed by atoms with E-state index in [2.05, 4.69) is 287 Å². The summed E-state index contributed by atoms with van der Waals surface area (Å²) in [5.74, 6) is 0. The summed E-state index contributed by atoms with van der Waals surface area (Å²) in [6.07, 6.45) is 0. The van der Waals surface area contributed by atoms with Gasteiger partial charge in [-0.15, -0.1) is 0 Å². The molecule has 0 spiro atoms. The fourth-order valence-electron chi connectivity index (χ4n) is 12.1. The second-order valence-electron chi connectivity index (χ2n) is 21.1. The van der Waals surface area contributed by atoms with E-state index in [0.717, 1.165) is 0 Å². The third-order valence-corrected chi connectivity index (χ3v) is 16.8. The van der Waals surface area contributed by atoms with Crippen LogP contribution in [-0.4, -0.2) is 6.71 Å². The minimum Gasteiger partial charge on any atom is -0.310 e. The van der Waals surface area contributed by atoms with Gasteiger partial charge in [-0.3, -0.25) is 0 Å². The maximum absolute atomic E-state index is 2.69. The lowest BCUT2D eigenvalue weighted by atomic mass is 9.34. The second-order valence-corrected chi connectivity index (χ2v) is 22.2. The minimum absolute atomic E-state index is 0.0258. The molecule has 0 aromatic heterocycles. The molecule has 12 aromatic carbocycles. The molecule has 0 N–H and O–H groups in total. The van der Waals surface area contributed by atoms with Gasteiger partial charge < -0.3 is 4.90 Å². The highest BCUT2D eigenvalue weighted by Gasteiger charge is 2.43. The number of hydrogen-bond acceptors (Lipinski definition) is 2. The van der Waals surface area contributed by atoms with E-state index in [9.17, 15) is 0 Å². The summed E-state index contributed by atoms with van der Waals surface area (Å²) >= 11 is 1.93. The van der Waals surface area contributed by atoms with Crippen LogP contribution in [0.25, 0.3) is 88.3 Å². The lowest BCUT2D eigenvalue weighted by Crippen LogP contribution is -2.60. The average molecular weight is 974 g/mol. The first-order valence-corrected chi connectivity index (χ1v) is 27.0. The Labute approximate surface area is 444 Å². The van der Waals surface area contributed by atoms with Crippen LogP contribution in [0.4, 0.5) is 17.1 Å². The molecule has 14 rings (SSSR count). The minimum atomic E-state index is -0.132. The Hall–Kier alpha value is -8.63. The van der Waals surface area contributed by atoms with Gasteiger partial charge in [0.05, 0.1) is 5.69 Å². The van der Waals surface area contributed by atoms with E-state index in [1.807, 2.05) is 11.8 Å². The molecule has 12 aromatic rings. The second kappa shape index (κ2) is 18.1. The van der Waals surface area contributed by atoms with Crippen LogP contribution in [-0.2, 0) is 5.41 Å². The number of nitrogens with zero attached hydrogens (tertiary/aromatic N) is 1. The van der Waals surface area contributed by atoms with Crippen LogP contribution < -0.4 is 21.3 Å². The van der Waals surface area contributed by atoms with E-state index in [4.69, 9.17) is 0 Å². The predicted octanol–water partition coefficient (Wildman–Crippen LogP) is 18.1. The SMILES string of the molecule is CC(C)(C)c1cc2c3c(c1)N(c1c(-c4ccccc4)cc(-c4ccccc4)cc1-c1ccccc1)c1cc(-c4c5ccccc5c(-c5ccccc5)c5ccccc45)ccc1B3c1cc(-c3ccccc3)ccc1S2. The van der Waals surface area contributed by atoms with E-state index in [1.54, 1.807) is 0 Å². The monoisotopic (exact) mass is 973 g/mol. The molecule has 0 saturated carbocycles. The van der Waals surface area contributed by atoms with E-state index in [1.165, 1.54) is 137 Å². The zero-order valence-corrected chi connectivity index (χ0v) is 43.1. The van der Waals surface area contributed by atoms with Crippen molar-refractivity contribution >= 4 is 73.5 Å². The van der Waals surface area contributed by atoms with Crippen molar-refractivity contribution in [2.24, 2.45) is 0 Å². The van der Waals surface area contributed by atoms with E-state index < -0.39 is 0 Å². The van der Waals surface area contributed by atoms with Gasteiger partial charge in [-0.1, -0.05) is 262 Å². The Morgan fingerprint density at radius 1 is 0.333 bits per heavy atom. The molecule has 1 nitrogen and oxygen atoms in total. The van der Waals surface area contributed by atoms with Crippen molar-refractivity contribution < 1.29 is 0 Å². The number of fused-ring (bicyclic) bond motifs is 6. The first-order valence-electron chi connectivity index (χ1n) is 26.2. The van der Waals surface area contributed by atoms with Crippen molar-refractivity contribution in [2.45, 2.75) is 36.0 Å². The largest absolute Gasteiger partial charge is 0.310 e. The number of anilines is 3. The Balaban J connectivity index is 1.14. The highest BCUT2D eigenvalue weighted by atomic mass is 32.2. The first kappa shape index (κ1) is 45.0. The summed E-state index contributed by atoms with van der Waals surface area (Å²) in [6.45, 7) is 7.06. The maximum atomic E-state index is 2.69. The standard InChI is InChI=1S/C72H52BNS/c1-72(2,3)55-45-65-70-67(46-55)75-66-40-38-52(47-23-9-4-10-24-47)43-63(66)73(70)62-39-37-53(69-58-35-21-19-33-56(58)68(51-31-17-8-18-32-51)57-34-20-22-36-59(57)69)44-64(62)74(65)71-60(49-27-13-6-14-28-49)41-54(48-25-11-5-12-26-48)42-61(71)50-29-15-7-16-30-50/h4-46H,1-3H3. The van der Waals surface area contributed by atoms with Crippen molar-refractivity contribution in [3.8, 4) is 66.8 Å². The number of rotatable bonds is 7. The molecular formula is C72H52BNS. The molecule has 2 aliphatic heterocycles.